The zero-order valence-corrected chi connectivity index (χ0v) is 24.4. The molecule has 1 aromatic heterocycles. The van der Waals surface area contributed by atoms with Crippen LogP contribution in [-0.2, 0) is 22.6 Å². The third-order valence-corrected chi connectivity index (χ3v) is 8.47. The number of benzene rings is 1. The van der Waals surface area contributed by atoms with Gasteiger partial charge in [-0.15, -0.1) is 0 Å². The number of nitriles is 1. The number of carbonyl (C=O) groups is 1. The first-order valence-electron chi connectivity index (χ1n) is 13.3. The van der Waals surface area contributed by atoms with Gasteiger partial charge in [-0.2, -0.15) is 5.26 Å². The second-order valence-corrected chi connectivity index (χ2v) is 11.4. The van der Waals surface area contributed by atoms with E-state index >= 15 is 0 Å². The first-order valence-corrected chi connectivity index (χ1v) is 14.5. The SMILES string of the molecule is CCCn1c(N2CCN(Cc3ccccc3)CC2)c(/C=C2/SC(=S)N(CCCOC)C2=O)c(C)c(C#N)c1=O. The topological polar surface area (TPSA) is 81.8 Å². The molecule has 206 valence electrons. The predicted octanol–water partition coefficient (Wildman–Crippen LogP) is 4.00. The highest BCUT2D eigenvalue weighted by Gasteiger charge is 2.33. The van der Waals surface area contributed by atoms with Gasteiger partial charge in [0.2, 0.25) is 0 Å². The smallest absolute Gasteiger partial charge is 0.270 e. The second-order valence-electron chi connectivity index (χ2n) is 9.73. The third kappa shape index (κ3) is 6.44. The minimum atomic E-state index is -0.275. The number of amides is 1. The molecule has 0 aliphatic carbocycles. The molecule has 10 heteroatoms. The fourth-order valence-corrected chi connectivity index (χ4v) is 6.36. The van der Waals surface area contributed by atoms with Crippen molar-refractivity contribution in [2.24, 2.45) is 0 Å². The quantitative estimate of drug-likeness (QED) is 0.243. The molecule has 0 radical (unpaired) electrons. The van der Waals surface area contributed by atoms with E-state index in [2.05, 4.69) is 40.1 Å². The molecule has 3 heterocycles. The molecule has 2 aliphatic heterocycles. The largest absolute Gasteiger partial charge is 0.385 e. The van der Waals surface area contributed by atoms with Gasteiger partial charge in [0.25, 0.3) is 11.5 Å². The summed E-state index contributed by atoms with van der Waals surface area (Å²) in [5.74, 6) is 0.633. The molecule has 8 nitrogen and oxygen atoms in total. The molecule has 0 spiro atoms. The summed E-state index contributed by atoms with van der Waals surface area (Å²) in [6.45, 7) is 9.38. The first kappa shape index (κ1) is 29.0. The number of rotatable bonds is 10. The van der Waals surface area contributed by atoms with Crippen molar-refractivity contribution in [2.75, 3.05) is 51.3 Å². The summed E-state index contributed by atoms with van der Waals surface area (Å²) in [5.41, 5.74) is 2.46. The first-order chi connectivity index (χ1) is 18.9. The van der Waals surface area contributed by atoms with Crippen molar-refractivity contribution in [3.05, 3.63) is 67.8 Å². The maximum absolute atomic E-state index is 13.5. The molecule has 0 bridgehead atoms. The lowest BCUT2D eigenvalue weighted by Gasteiger charge is -2.38. The van der Waals surface area contributed by atoms with Crippen molar-refractivity contribution in [1.82, 2.24) is 14.4 Å². The van der Waals surface area contributed by atoms with Crippen molar-refractivity contribution in [1.29, 1.82) is 5.26 Å². The fourth-order valence-electron chi connectivity index (χ4n) is 5.07. The van der Waals surface area contributed by atoms with Crippen molar-refractivity contribution in [3.8, 4) is 6.07 Å². The summed E-state index contributed by atoms with van der Waals surface area (Å²) in [5, 5.41) is 9.89. The predicted molar refractivity (Wildman–Crippen MR) is 161 cm³/mol. The second kappa shape index (κ2) is 13.4. The number of nitrogens with zero attached hydrogens (tertiary/aromatic N) is 5. The lowest BCUT2D eigenvalue weighted by Crippen LogP contribution is -2.48. The van der Waals surface area contributed by atoms with Crippen LogP contribution in [0.5, 0.6) is 0 Å². The highest BCUT2D eigenvalue weighted by molar-refractivity contribution is 8.26. The van der Waals surface area contributed by atoms with E-state index in [-0.39, 0.29) is 17.0 Å². The number of anilines is 1. The van der Waals surface area contributed by atoms with E-state index in [0.717, 1.165) is 50.5 Å². The monoisotopic (exact) mass is 565 g/mol. The van der Waals surface area contributed by atoms with Crippen LogP contribution >= 0.6 is 24.0 Å². The van der Waals surface area contributed by atoms with E-state index in [1.165, 1.54) is 17.3 Å². The van der Waals surface area contributed by atoms with Gasteiger partial charge in [0.15, 0.2) is 0 Å². The summed E-state index contributed by atoms with van der Waals surface area (Å²) in [4.78, 5) is 33.5. The number of ether oxygens (including phenoxy) is 1. The van der Waals surface area contributed by atoms with Crippen molar-refractivity contribution < 1.29 is 9.53 Å². The van der Waals surface area contributed by atoms with E-state index in [0.29, 0.717) is 40.9 Å². The molecule has 1 amide bonds. The van der Waals surface area contributed by atoms with Gasteiger partial charge in [0.05, 0.1) is 4.91 Å². The highest BCUT2D eigenvalue weighted by atomic mass is 32.2. The number of hydrogen-bond donors (Lipinski definition) is 0. The number of thioether (sulfide) groups is 1. The Morgan fingerprint density at radius 1 is 1.13 bits per heavy atom. The minimum Gasteiger partial charge on any atom is -0.385 e. The van der Waals surface area contributed by atoms with Crippen molar-refractivity contribution in [2.45, 2.75) is 39.8 Å². The van der Waals surface area contributed by atoms with Crippen LogP contribution in [0.4, 0.5) is 5.82 Å². The summed E-state index contributed by atoms with van der Waals surface area (Å²) in [7, 11) is 1.63. The molecule has 39 heavy (non-hydrogen) atoms. The van der Waals surface area contributed by atoms with Crippen LogP contribution in [0.1, 0.15) is 42.0 Å². The van der Waals surface area contributed by atoms with E-state index in [9.17, 15) is 14.9 Å². The minimum absolute atomic E-state index is 0.122. The van der Waals surface area contributed by atoms with Gasteiger partial charge in [-0.1, -0.05) is 61.2 Å². The zero-order valence-electron chi connectivity index (χ0n) is 22.8. The van der Waals surface area contributed by atoms with E-state index in [1.54, 1.807) is 23.5 Å². The van der Waals surface area contributed by atoms with Gasteiger partial charge in [-0.3, -0.25) is 24.0 Å². The van der Waals surface area contributed by atoms with Crippen LogP contribution in [0.3, 0.4) is 0 Å². The molecule has 0 saturated carbocycles. The lowest BCUT2D eigenvalue weighted by molar-refractivity contribution is -0.122. The Kier molecular flexibility index (Phi) is 9.97. The fraction of sp³-hybridized carbons (Fsp3) is 0.448. The maximum Gasteiger partial charge on any atom is 0.270 e. The van der Waals surface area contributed by atoms with Crippen molar-refractivity contribution >= 4 is 46.1 Å². The number of methoxy groups -OCH3 is 1. The standard InChI is InChI=1S/C29H35N5O3S2/c1-4-11-33-26(32-15-13-31(14-16-32)20-22-9-6-5-7-10-22)23(21(2)24(19-30)27(33)35)18-25-28(36)34(29(38)39-25)12-8-17-37-3/h5-7,9-10,18H,4,8,11-17,20H2,1-3H3/b25-18+. The van der Waals surface area contributed by atoms with E-state index < -0.39 is 0 Å². The Morgan fingerprint density at radius 2 is 1.85 bits per heavy atom. The number of aromatic nitrogens is 1. The number of pyridine rings is 1. The molecule has 0 N–H and O–H groups in total. The van der Waals surface area contributed by atoms with Gasteiger partial charge in [-0.05, 0) is 37.0 Å². The van der Waals surface area contributed by atoms with Gasteiger partial charge < -0.3 is 9.64 Å². The van der Waals surface area contributed by atoms with Crippen LogP contribution in [0, 0.1) is 18.3 Å². The Bertz CT molecular complexity index is 1340. The Labute approximate surface area is 239 Å². The number of piperazine rings is 1. The summed E-state index contributed by atoms with van der Waals surface area (Å²) < 4.78 is 7.37. The normalized spacial score (nSPS) is 17.3. The van der Waals surface area contributed by atoms with Crippen LogP contribution in [0.2, 0.25) is 0 Å². The Hall–Kier alpha value is -2.97. The Balaban J connectivity index is 1.70. The van der Waals surface area contributed by atoms with Crippen LogP contribution < -0.4 is 10.5 Å². The molecule has 2 fully saturated rings. The maximum atomic E-state index is 13.5. The van der Waals surface area contributed by atoms with Gasteiger partial charge in [-0.25, -0.2) is 0 Å². The Morgan fingerprint density at radius 3 is 2.49 bits per heavy atom. The molecule has 1 aromatic carbocycles. The number of hydrogen-bond acceptors (Lipinski definition) is 8. The van der Waals surface area contributed by atoms with Gasteiger partial charge >= 0.3 is 0 Å². The van der Waals surface area contributed by atoms with Crippen LogP contribution in [-0.4, -0.2) is 71.0 Å². The molecule has 0 atom stereocenters. The lowest BCUT2D eigenvalue weighted by atomic mass is 10.0. The van der Waals surface area contributed by atoms with E-state index in [1.807, 2.05) is 19.1 Å². The van der Waals surface area contributed by atoms with Crippen LogP contribution in [0.15, 0.2) is 40.0 Å². The summed E-state index contributed by atoms with van der Waals surface area (Å²) in [6, 6.07) is 12.5. The number of carbonyl (C=O) groups excluding carboxylic acids is 1. The van der Waals surface area contributed by atoms with Gasteiger partial charge in [0, 0.05) is 65.1 Å². The molecule has 0 unspecified atom stereocenters. The molecule has 2 aromatic rings. The average molecular weight is 566 g/mol. The molecule has 2 aliphatic rings. The van der Waals surface area contributed by atoms with Gasteiger partial charge in [0.1, 0.15) is 21.8 Å². The van der Waals surface area contributed by atoms with Crippen molar-refractivity contribution in [3.63, 3.8) is 0 Å². The third-order valence-electron chi connectivity index (χ3n) is 7.09. The van der Waals surface area contributed by atoms with Crippen LogP contribution in [0.25, 0.3) is 6.08 Å². The molecule has 2 saturated heterocycles. The number of thiocarbonyl (C=S) groups is 1. The summed E-state index contributed by atoms with van der Waals surface area (Å²) >= 11 is 6.79. The summed E-state index contributed by atoms with van der Waals surface area (Å²) in [6.07, 6.45) is 3.27. The molecular formula is C29H35N5O3S2. The average Bonchev–Trinajstić information content (AvgIpc) is 3.20. The zero-order chi connectivity index (χ0) is 27.9. The highest BCUT2D eigenvalue weighted by Crippen LogP contribution is 2.36. The molecule has 4 rings (SSSR count). The van der Waals surface area contributed by atoms with E-state index in [4.69, 9.17) is 17.0 Å². The molecular weight excluding hydrogens is 530 g/mol.